The molecule has 0 saturated heterocycles. The van der Waals surface area contributed by atoms with Crippen LogP contribution in [-0.4, -0.2) is 37.4 Å². The monoisotopic (exact) mass is 640 g/mol. The number of rotatable bonds is 10. The van der Waals surface area contributed by atoms with E-state index in [9.17, 15) is 9.59 Å². The summed E-state index contributed by atoms with van der Waals surface area (Å²) in [6.07, 6.45) is -0.979. The van der Waals surface area contributed by atoms with Gasteiger partial charge in [0.15, 0.2) is 0 Å². The molecule has 0 aliphatic rings. The summed E-state index contributed by atoms with van der Waals surface area (Å²) in [5.41, 5.74) is 3.14. The third-order valence-corrected chi connectivity index (χ3v) is 7.50. The second kappa shape index (κ2) is 13.3. The lowest BCUT2D eigenvalue weighted by Crippen LogP contribution is -2.22. The topological polar surface area (TPSA) is 71.1 Å². The number of esters is 2. The molecule has 0 aromatic heterocycles. The molecule has 0 aliphatic carbocycles. The molecule has 220 valence electrons. The highest BCUT2D eigenvalue weighted by Gasteiger charge is 2.20. The average Bonchev–Trinajstić information content (AvgIpc) is 2.99. The Morgan fingerprint density at radius 3 is 1.49 bits per heavy atom. The molecule has 0 radical (unpaired) electrons. The minimum absolute atomic E-state index is 0.162. The summed E-state index contributed by atoms with van der Waals surface area (Å²) in [6.45, 7) is 7.88. The van der Waals surface area contributed by atoms with Crippen LogP contribution >= 0.6 is 15.9 Å². The van der Waals surface area contributed by atoms with Crippen molar-refractivity contribution in [3.63, 3.8) is 0 Å². The molecule has 0 amide bonds. The predicted octanol–water partition coefficient (Wildman–Crippen LogP) is 8.62. The molecule has 7 heteroatoms. The Balaban J connectivity index is 1.37. The van der Waals surface area contributed by atoms with E-state index in [1.165, 1.54) is 0 Å². The van der Waals surface area contributed by atoms with Crippen molar-refractivity contribution in [2.45, 2.75) is 39.9 Å². The Hall–Kier alpha value is -4.36. The van der Waals surface area contributed by atoms with Crippen LogP contribution in [0.5, 0.6) is 11.5 Å². The fraction of sp³-hybridized carbons (Fsp3) is 0.222. The number of ether oxygens (including phenoxy) is 4. The van der Waals surface area contributed by atoms with E-state index in [4.69, 9.17) is 18.9 Å². The maximum Gasteiger partial charge on any atom is 0.338 e. The highest BCUT2D eigenvalue weighted by Crippen LogP contribution is 2.43. The van der Waals surface area contributed by atoms with Crippen LogP contribution in [0.3, 0.4) is 0 Å². The summed E-state index contributed by atoms with van der Waals surface area (Å²) in [5, 5.41) is 3.39. The summed E-state index contributed by atoms with van der Waals surface area (Å²) in [7, 11) is 0. The summed E-state index contributed by atoms with van der Waals surface area (Å²) in [5.74, 6) is 0.545. The number of carbonyl (C=O) groups excluding carboxylic acids is 2. The van der Waals surface area contributed by atoms with Crippen LogP contribution in [-0.2, 0) is 9.47 Å². The molecule has 0 heterocycles. The SMILES string of the molecule is Cc1ccc(C(=O)OC(C)COc2c3ccccc3c(OCC(C)OC(=O)c3ccc(C)cc3)c3cc(Br)ccc23)cc1. The van der Waals surface area contributed by atoms with E-state index in [1.54, 1.807) is 24.3 Å². The third-order valence-electron chi connectivity index (χ3n) is 7.00. The summed E-state index contributed by atoms with van der Waals surface area (Å²) in [6, 6.07) is 28.3. The highest BCUT2D eigenvalue weighted by molar-refractivity contribution is 9.10. The zero-order valence-corrected chi connectivity index (χ0v) is 26.1. The van der Waals surface area contributed by atoms with Gasteiger partial charge in [0.25, 0.3) is 0 Å². The molecule has 5 rings (SSSR count). The fourth-order valence-electron chi connectivity index (χ4n) is 4.73. The van der Waals surface area contributed by atoms with Crippen molar-refractivity contribution in [1.29, 1.82) is 0 Å². The van der Waals surface area contributed by atoms with Gasteiger partial charge >= 0.3 is 11.9 Å². The molecule has 0 bridgehead atoms. The van der Waals surface area contributed by atoms with Crippen LogP contribution in [0.15, 0.2) is 95.5 Å². The van der Waals surface area contributed by atoms with Crippen LogP contribution in [0, 0.1) is 13.8 Å². The van der Waals surface area contributed by atoms with E-state index in [2.05, 4.69) is 15.9 Å². The van der Waals surface area contributed by atoms with Crippen molar-refractivity contribution in [3.05, 3.63) is 118 Å². The molecule has 0 spiro atoms. The summed E-state index contributed by atoms with van der Waals surface area (Å²) >= 11 is 3.59. The van der Waals surface area contributed by atoms with Gasteiger partial charge in [0.05, 0.1) is 11.1 Å². The first-order chi connectivity index (χ1) is 20.7. The van der Waals surface area contributed by atoms with E-state index < -0.39 is 24.1 Å². The molecule has 0 saturated carbocycles. The second-order valence-electron chi connectivity index (χ2n) is 10.7. The standard InChI is InChI=1S/C36H33BrO6/c1-22-9-13-26(14-10-22)35(38)42-24(3)20-40-33-29-7-5-6-8-30(29)34(32-19-28(37)17-18-31(32)33)41-21-25(4)43-36(39)27-15-11-23(2)12-16-27/h5-19,24-25H,20-21H2,1-4H3. The Bertz CT molecular complexity index is 1760. The molecule has 0 N–H and O–H groups in total. The molecule has 0 fully saturated rings. The number of halogens is 1. The first kappa shape index (κ1) is 30.1. The number of benzene rings is 5. The Kier molecular flexibility index (Phi) is 9.31. The maximum atomic E-state index is 12.6. The Labute approximate surface area is 259 Å². The Morgan fingerprint density at radius 2 is 1.02 bits per heavy atom. The van der Waals surface area contributed by atoms with Crippen LogP contribution in [0.4, 0.5) is 0 Å². The van der Waals surface area contributed by atoms with Gasteiger partial charge in [-0.3, -0.25) is 0 Å². The van der Waals surface area contributed by atoms with E-state index >= 15 is 0 Å². The van der Waals surface area contributed by atoms with Crippen molar-refractivity contribution in [2.75, 3.05) is 13.2 Å². The van der Waals surface area contributed by atoms with E-state index in [-0.39, 0.29) is 13.2 Å². The van der Waals surface area contributed by atoms with Gasteiger partial charge in [-0.2, -0.15) is 0 Å². The number of carbonyl (C=O) groups is 2. The van der Waals surface area contributed by atoms with Crippen molar-refractivity contribution in [1.82, 2.24) is 0 Å². The number of fused-ring (bicyclic) bond motifs is 2. The van der Waals surface area contributed by atoms with Crippen molar-refractivity contribution in [2.24, 2.45) is 0 Å². The van der Waals surface area contributed by atoms with Crippen molar-refractivity contribution >= 4 is 49.4 Å². The Morgan fingerprint density at radius 1 is 0.605 bits per heavy atom. The van der Waals surface area contributed by atoms with Gasteiger partial charge in [0, 0.05) is 26.0 Å². The predicted molar refractivity (Wildman–Crippen MR) is 172 cm³/mol. The van der Waals surface area contributed by atoms with E-state index in [1.807, 2.05) is 94.4 Å². The van der Waals surface area contributed by atoms with Crippen LogP contribution < -0.4 is 9.47 Å². The smallest absolute Gasteiger partial charge is 0.338 e. The quantitative estimate of drug-likeness (QED) is 0.112. The lowest BCUT2D eigenvalue weighted by Gasteiger charge is -2.21. The fourth-order valence-corrected chi connectivity index (χ4v) is 5.09. The van der Waals surface area contributed by atoms with E-state index in [0.29, 0.717) is 22.6 Å². The average molecular weight is 642 g/mol. The zero-order valence-electron chi connectivity index (χ0n) is 24.6. The van der Waals surface area contributed by atoms with Gasteiger partial charge in [-0.15, -0.1) is 0 Å². The van der Waals surface area contributed by atoms with Crippen LogP contribution in [0.25, 0.3) is 21.5 Å². The molecule has 6 nitrogen and oxygen atoms in total. The summed E-state index contributed by atoms with van der Waals surface area (Å²) in [4.78, 5) is 25.3. The summed E-state index contributed by atoms with van der Waals surface area (Å²) < 4.78 is 24.9. The first-order valence-corrected chi connectivity index (χ1v) is 14.9. The zero-order chi connectivity index (χ0) is 30.5. The minimum Gasteiger partial charge on any atom is -0.488 e. The molecule has 2 atom stereocenters. The second-order valence-corrected chi connectivity index (χ2v) is 11.6. The maximum absolute atomic E-state index is 12.6. The molecular weight excluding hydrogens is 608 g/mol. The first-order valence-electron chi connectivity index (χ1n) is 14.1. The van der Waals surface area contributed by atoms with Gasteiger partial charge in [0.1, 0.15) is 36.9 Å². The lowest BCUT2D eigenvalue weighted by atomic mass is 10.0. The number of hydrogen-bond acceptors (Lipinski definition) is 6. The normalized spacial score (nSPS) is 12.5. The number of aryl methyl sites for hydroxylation is 2. The van der Waals surface area contributed by atoms with Crippen molar-refractivity contribution in [3.8, 4) is 11.5 Å². The van der Waals surface area contributed by atoms with Gasteiger partial charge < -0.3 is 18.9 Å². The minimum atomic E-state index is -0.491. The number of hydrogen-bond donors (Lipinski definition) is 0. The van der Waals surface area contributed by atoms with Crippen LogP contribution in [0.1, 0.15) is 45.7 Å². The van der Waals surface area contributed by atoms with Crippen LogP contribution in [0.2, 0.25) is 0 Å². The highest BCUT2D eigenvalue weighted by atomic mass is 79.9. The van der Waals surface area contributed by atoms with Gasteiger partial charge in [-0.25, -0.2) is 9.59 Å². The molecule has 5 aromatic rings. The molecule has 2 unspecified atom stereocenters. The van der Waals surface area contributed by atoms with Gasteiger partial charge in [0.2, 0.25) is 0 Å². The van der Waals surface area contributed by atoms with Crippen molar-refractivity contribution < 1.29 is 28.5 Å². The molecular formula is C36H33BrO6. The van der Waals surface area contributed by atoms with Gasteiger partial charge in [-0.05, 0) is 70.2 Å². The largest absolute Gasteiger partial charge is 0.488 e. The lowest BCUT2D eigenvalue weighted by molar-refractivity contribution is 0.0221. The molecule has 5 aromatic carbocycles. The van der Waals surface area contributed by atoms with E-state index in [0.717, 1.165) is 37.1 Å². The third kappa shape index (κ3) is 7.17. The van der Waals surface area contributed by atoms with Gasteiger partial charge in [-0.1, -0.05) is 75.6 Å². The molecule has 43 heavy (non-hydrogen) atoms. The molecule has 0 aliphatic heterocycles.